The van der Waals surface area contributed by atoms with Crippen LogP contribution < -0.4 is 5.32 Å². The standard InChI is InChI=1S/C15H19N3/c1-3-12-6-8-13(9-7-12)14(16-4-2)15-17-10-5-11-18-15/h5-11,14,16H,3-4H2,1-2H3. The number of nitrogens with zero attached hydrogens (tertiary/aromatic N) is 2. The molecule has 2 rings (SSSR count). The molecule has 3 nitrogen and oxygen atoms in total. The molecule has 0 aliphatic carbocycles. The quantitative estimate of drug-likeness (QED) is 0.874. The maximum atomic E-state index is 4.34. The van der Waals surface area contributed by atoms with Crippen molar-refractivity contribution in [3.05, 3.63) is 59.7 Å². The zero-order chi connectivity index (χ0) is 12.8. The molecule has 0 aliphatic rings. The highest BCUT2D eigenvalue weighted by atomic mass is 15.0. The van der Waals surface area contributed by atoms with E-state index in [0.29, 0.717) is 0 Å². The van der Waals surface area contributed by atoms with Crippen molar-refractivity contribution in [1.29, 1.82) is 0 Å². The fourth-order valence-electron chi connectivity index (χ4n) is 1.97. The van der Waals surface area contributed by atoms with Crippen molar-refractivity contribution in [1.82, 2.24) is 15.3 Å². The number of aromatic nitrogens is 2. The van der Waals surface area contributed by atoms with Gasteiger partial charge >= 0.3 is 0 Å². The largest absolute Gasteiger partial charge is 0.304 e. The molecule has 0 radical (unpaired) electrons. The third-order valence-electron chi connectivity index (χ3n) is 2.97. The van der Waals surface area contributed by atoms with Crippen molar-refractivity contribution in [2.75, 3.05) is 6.54 Å². The summed E-state index contributed by atoms with van der Waals surface area (Å²) in [5.74, 6) is 0.823. The van der Waals surface area contributed by atoms with Crippen molar-refractivity contribution < 1.29 is 0 Å². The van der Waals surface area contributed by atoms with E-state index in [2.05, 4.69) is 53.4 Å². The average Bonchev–Trinajstić information content (AvgIpc) is 2.46. The first-order chi connectivity index (χ1) is 8.85. The van der Waals surface area contributed by atoms with Gasteiger partial charge in [-0.3, -0.25) is 0 Å². The highest BCUT2D eigenvalue weighted by Gasteiger charge is 2.14. The van der Waals surface area contributed by atoms with E-state index in [1.165, 1.54) is 11.1 Å². The Bertz CT molecular complexity index is 465. The molecule has 3 heteroatoms. The second-order valence-corrected chi connectivity index (χ2v) is 4.19. The molecule has 18 heavy (non-hydrogen) atoms. The van der Waals surface area contributed by atoms with E-state index in [1.807, 2.05) is 6.07 Å². The van der Waals surface area contributed by atoms with Crippen LogP contribution in [0.3, 0.4) is 0 Å². The number of benzene rings is 1. The van der Waals surface area contributed by atoms with Gasteiger partial charge in [0.25, 0.3) is 0 Å². The van der Waals surface area contributed by atoms with Crippen LogP contribution in [0.1, 0.15) is 36.8 Å². The van der Waals surface area contributed by atoms with Crippen molar-refractivity contribution in [2.45, 2.75) is 26.3 Å². The van der Waals surface area contributed by atoms with Crippen molar-refractivity contribution in [3.8, 4) is 0 Å². The molecule has 94 valence electrons. The lowest BCUT2D eigenvalue weighted by Gasteiger charge is -2.17. The second kappa shape index (κ2) is 6.26. The minimum atomic E-state index is 0.0714. The summed E-state index contributed by atoms with van der Waals surface area (Å²) in [4.78, 5) is 8.69. The SMILES string of the molecule is CCNC(c1ccc(CC)cc1)c1ncccn1. The maximum absolute atomic E-state index is 4.34. The Kier molecular flexibility index (Phi) is 4.42. The van der Waals surface area contributed by atoms with Crippen molar-refractivity contribution >= 4 is 0 Å². The molecule has 0 bridgehead atoms. The summed E-state index contributed by atoms with van der Waals surface area (Å²) < 4.78 is 0. The Hall–Kier alpha value is -1.74. The lowest BCUT2D eigenvalue weighted by Crippen LogP contribution is -2.23. The highest BCUT2D eigenvalue weighted by molar-refractivity contribution is 5.28. The summed E-state index contributed by atoms with van der Waals surface area (Å²) in [5, 5.41) is 3.43. The van der Waals surface area contributed by atoms with Crippen LogP contribution in [0.2, 0.25) is 0 Å². The lowest BCUT2D eigenvalue weighted by atomic mass is 10.0. The Balaban J connectivity index is 2.29. The van der Waals surface area contributed by atoms with E-state index >= 15 is 0 Å². The fraction of sp³-hybridized carbons (Fsp3) is 0.333. The Morgan fingerprint density at radius 2 is 1.72 bits per heavy atom. The Morgan fingerprint density at radius 3 is 2.28 bits per heavy atom. The molecule has 0 fully saturated rings. The molecule has 0 saturated heterocycles. The van der Waals surface area contributed by atoms with Crippen LogP contribution in [0.4, 0.5) is 0 Å². The molecule has 1 heterocycles. The number of hydrogen-bond acceptors (Lipinski definition) is 3. The van der Waals surface area contributed by atoms with E-state index in [4.69, 9.17) is 0 Å². The van der Waals surface area contributed by atoms with Gasteiger partial charge in [-0.1, -0.05) is 38.1 Å². The maximum Gasteiger partial charge on any atom is 0.149 e. The molecule has 0 saturated carbocycles. The first-order valence-electron chi connectivity index (χ1n) is 6.44. The third kappa shape index (κ3) is 2.93. The van der Waals surface area contributed by atoms with Crippen LogP contribution in [0.25, 0.3) is 0 Å². The predicted octanol–water partition coefficient (Wildman–Crippen LogP) is 2.74. The van der Waals surface area contributed by atoms with Crippen LogP contribution in [0, 0.1) is 0 Å². The molecular weight excluding hydrogens is 222 g/mol. The second-order valence-electron chi connectivity index (χ2n) is 4.19. The molecular formula is C15H19N3. The normalized spacial score (nSPS) is 12.3. The van der Waals surface area contributed by atoms with Crippen molar-refractivity contribution in [2.24, 2.45) is 0 Å². The summed E-state index contributed by atoms with van der Waals surface area (Å²) in [6.45, 7) is 5.14. The highest BCUT2D eigenvalue weighted by Crippen LogP contribution is 2.19. The first-order valence-corrected chi connectivity index (χ1v) is 6.44. The van der Waals surface area contributed by atoms with Crippen LogP contribution in [0.5, 0.6) is 0 Å². The van der Waals surface area contributed by atoms with E-state index in [9.17, 15) is 0 Å². The van der Waals surface area contributed by atoms with Crippen LogP contribution in [0.15, 0.2) is 42.7 Å². The number of rotatable bonds is 5. The molecule has 1 unspecified atom stereocenters. The van der Waals surface area contributed by atoms with Gasteiger partial charge in [-0.2, -0.15) is 0 Å². The van der Waals surface area contributed by atoms with Crippen LogP contribution >= 0.6 is 0 Å². The van der Waals surface area contributed by atoms with Crippen LogP contribution in [-0.4, -0.2) is 16.5 Å². The number of aryl methyl sites for hydroxylation is 1. The molecule has 1 N–H and O–H groups in total. The first kappa shape index (κ1) is 12.7. The minimum absolute atomic E-state index is 0.0714. The number of hydrogen-bond donors (Lipinski definition) is 1. The van der Waals surface area contributed by atoms with Gasteiger partial charge in [0, 0.05) is 12.4 Å². The van der Waals surface area contributed by atoms with Crippen molar-refractivity contribution in [3.63, 3.8) is 0 Å². The van der Waals surface area contributed by atoms with Gasteiger partial charge in [0.1, 0.15) is 5.82 Å². The zero-order valence-corrected chi connectivity index (χ0v) is 10.9. The lowest BCUT2D eigenvalue weighted by molar-refractivity contribution is 0.597. The van der Waals surface area contributed by atoms with E-state index < -0.39 is 0 Å². The molecule has 1 atom stereocenters. The summed E-state index contributed by atoms with van der Waals surface area (Å²) in [5.41, 5.74) is 2.56. The van der Waals surface area contributed by atoms with Gasteiger partial charge in [-0.25, -0.2) is 9.97 Å². The molecule has 0 amide bonds. The minimum Gasteiger partial charge on any atom is -0.304 e. The molecule has 1 aromatic heterocycles. The summed E-state index contributed by atoms with van der Waals surface area (Å²) in [7, 11) is 0. The number of nitrogens with one attached hydrogen (secondary N) is 1. The van der Waals surface area contributed by atoms with Gasteiger partial charge in [-0.05, 0) is 30.2 Å². The average molecular weight is 241 g/mol. The molecule has 2 aromatic rings. The summed E-state index contributed by atoms with van der Waals surface area (Å²) in [6.07, 6.45) is 4.63. The zero-order valence-electron chi connectivity index (χ0n) is 10.9. The van der Waals surface area contributed by atoms with E-state index in [-0.39, 0.29) is 6.04 Å². The van der Waals surface area contributed by atoms with E-state index in [0.717, 1.165) is 18.8 Å². The summed E-state index contributed by atoms with van der Waals surface area (Å²) in [6, 6.07) is 10.6. The molecule has 0 aliphatic heterocycles. The Morgan fingerprint density at radius 1 is 1.06 bits per heavy atom. The fourth-order valence-corrected chi connectivity index (χ4v) is 1.97. The third-order valence-corrected chi connectivity index (χ3v) is 2.97. The van der Waals surface area contributed by atoms with E-state index in [1.54, 1.807) is 12.4 Å². The topological polar surface area (TPSA) is 37.8 Å². The van der Waals surface area contributed by atoms with Gasteiger partial charge in [0.05, 0.1) is 6.04 Å². The van der Waals surface area contributed by atoms with Gasteiger partial charge in [0.15, 0.2) is 0 Å². The Labute approximate surface area is 108 Å². The molecule has 1 aromatic carbocycles. The van der Waals surface area contributed by atoms with Crippen LogP contribution in [-0.2, 0) is 6.42 Å². The predicted molar refractivity (Wildman–Crippen MR) is 73.4 cm³/mol. The summed E-state index contributed by atoms with van der Waals surface area (Å²) >= 11 is 0. The smallest absolute Gasteiger partial charge is 0.149 e. The monoisotopic (exact) mass is 241 g/mol. The van der Waals surface area contributed by atoms with Gasteiger partial charge in [0.2, 0.25) is 0 Å². The van der Waals surface area contributed by atoms with Gasteiger partial charge < -0.3 is 5.32 Å². The molecule has 0 spiro atoms. The van der Waals surface area contributed by atoms with Gasteiger partial charge in [-0.15, -0.1) is 0 Å².